The summed E-state index contributed by atoms with van der Waals surface area (Å²) >= 11 is 0. The molecule has 86 valence electrons. The third-order valence-electron chi connectivity index (χ3n) is 3.07. The van der Waals surface area contributed by atoms with E-state index in [1.165, 1.54) is 11.1 Å². The van der Waals surface area contributed by atoms with Crippen molar-refractivity contribution in [2.24, 2.45) is 0 Å². The van der Waals surface area contributed by atoms with E-state index in [0.717, 1.165) is 6.42 Å². The second-order valence-corrected chi connectivity index (χ2v) is 4.83. The fraction of sp³-hybridized carbons (Fsp3) is 0.235. The zero-order valence-corrected chi connectivity index (χ0v) is 10.5. The standard InChI is InChI=1S/C17H18/c1-17(2,16-11-7-4-8-12-16)14-13-15-9-5-3-6-10-15/h3-12H,13H2,1-2H3. The summed E-state index contributed by atoms with van der Waals surface area (Å²) in [5.74, 6) is 0. The average Bonchev–Trinajstić information content (AvgIpc) is 2.39. The lowest BCUT2D eigenvalue weighted by Gasteiger charge is -2.24. The SMILES string of the molecule is CC(C)([C]Cc1ccccc1)c1ccccc1. The van der Waals surface area contributed by atoms with Crippen molar-refractivity contribution in [3.63, 3.8) is 0 Å². The molecule has 0 heteroatoms. The monoisotopic (exact) mass is 222 g/mol. The van der Waals surface area contributed by atoms with Crippen LogP contribution >= 0.6 is 0 Å². The molecule has 0 bridgehead atoms. The van der Waals surface area contributed by atoms with E-state index in [1.807, 2.05) is 6.07 Å². The molecule has 0 saturated carbocycles. The van der Waals surface area contributed by atoms with Crippen molar-refractivity contribution in [2.45, 2.75) is 25.7 Å². The van der Waals surface area contributed by atoms with Gasteiger partial charge in [-0.3, -0.25) is 0 Å². The number of benzene rings is 2. The molecule has 0 saturated heterocycles. The lowest BCUT2D eigenvalue weighted by molar-refractivity contribution is 0.598. The van der Waals surface area contributed by atoms with Crippen LogP contribution in [-0.2, 0) is 11.8 Å². The van der Waals surface area contributed by atoms with E-state index < -0.39 is 0 Å². The second-order valence-electron chi connectivity index (χ2n) is 4.83. The Kier molecular flexibility index (Phi) is 3.63. The first-order valence-electron chi connectivity index (χ1n) is 6.03. The fourth-order valence-corrected chi connectivity index (χ4v) is 1.88. The van der Waals surface area contributed by atoms with Gasteiger partial charge in [0, 0.05) is 0 Å². The normalized spacial score (nSPS) is 11.4. The van der Waals surface area contributed by atoms with E-state index >= 15 is 0 Å². The zero-order valence-electron chi connectivity index (χ0n) is 10.5. The molecule has 2 aromatic rings. The van der Waals surface area contributed by atoms with E-state index in [-0.39, 0.29) is 5.41 Å². The molecule has 0 unspecified atom stereocenters. The number of rotatable bonds is 4. The minimum absolute atomic E-state index is 0.00288. The van der Waals surface area contributed by atoms with Crippen molar-refractivity contribution >= 4 is 0 Å². The molecule has 2 aromatic carbocycles. The highest BCUT2D eigenvalue weighted by Crippen LogP contribution is 2.27. The van der Waals surface area contributed by atoms with Gasteiger partial charge in [0.1, 0.15) is 0 Å². The summed E-state index contributed by atoms with van der Waals surface area (Å²) in [4.78, 5) is 0. The van der Waals surface area contributed by atoms with Crippen LogP contribution in [0.1, 0.15) is 25.0 Å². The Bertz CT molecular complexity index is 440. The predicted molar refractivity (Wildman–Crippen MR) is 72.9 cm³/mol. The molecule has 0 aliphatic rings. The van der Waals surface area contributed by atoms with Crippen LogP contribution in [0, 0.1) is 6.42 Å². The molecular formula is C17H18. The highest BCUT2D eigenvalue weighted by atomic mass is 14.2. The van der Waals surface area contributed by atoms with E-state index in [2.05, 4.69) is 74.9 Å². The highest BCUT2D eigenvalue weighted by molar-refractivity contribution is 5.28. The third-order valence-corrected chi connectivity index (χ3v) is 3.07. The smallest absolute Gasteiger partial charge is 0.00176 e. The third kappa shape index (κ3) is 3.20. The predicted octanol–water partition coefficient (Wildman–Crippen LogP) is 4.29. The molecule has 0 nitrogen and oxygen atoms in total. The van der Waals surface area contributed by atoms with Crippen molar-refractivity contribution in [3.05, 3.63) is 78.2 Å². The maximum absolute atomic E-state index is 3.59. The molecule has 17 heavy (non-hydrogen) atoms. The summed E-state index contributed by atoms with van der Waals surface area (Å²) in [7, 11) is 0. The first-order valence-corrected chi connectivity index (χ1v) is 6.03. The maximum atomic E-state index is 3.59. The Morgan fingerprint density at radius 1 is 0.824 bits per heavy atom. The highest BCUT2D eigenvalue weighted by Gasteiger charge is 2.20. The van der Waals surface area contributed by atoms with Crippen LogP contribution in [0.3, 0.4) is 0 Å². The molecule has 0 aromatic heterocycles. The van der Waals surface area contributed by atoms with Crippen molar-refractivity contribution in [2.75, 3.05) is 0 Å². The van der Waals surface area contributed by atoms with E-state index in [0.29, 0.717) is 0 Å². The Morgan fingerprint density at radius 2 is 1.35 bits per heavy atom. The summed E-state index contributed by atoms with van der Waals surface area (Å²) < 4.78 is 0. The molecule has 0 spiro atoms. The minimum atomic E-state index is -0.00288. The topological polar surface area (TPSA) is 0 Å². The van der Waals surface area contributed by atoms with Crippen LogP contribution in [0.25, 0.3) is 0 Å². The van der Waals surface area contributed by atoms with Gasteiger partial charge in [-0.1, -0.05) is 74.5 Å². The van der Waals surface area contributed by atoms with Crippen LogP contribution in [0.4, 0.5) is 0 Å². The summed E-state index contributed by atoms with van der Waals surface area (Å²) in [6, 6.07) is 21.0. The Labute approximate surface area is 104 Å². The molecule has 2 radical (unpaired) electrons. The van der Waals surface area contributed by atoms with Gasteiger partial charge >= 0.3 is 0 Å². The van der Waals surface area contributed by atoms with Crippen molar-refractivity contribution < 1.29 is 0 Å². The van der Waals surface area contributed by atoms with E-state index in [4.69, 9.17) is 0 Å². The molecule has 0 fully saturated rings. The van der Waals surface area contributed by atoms with E-state index in [9.17, 15) is 0 Å². The summed E-state index contributed by atoms with van der Waals surface area (Å²) in [6.45, 7) is 4.43. The van der Waals surface area contributed by atoms with Crippen molar-refractivity contribution in [3.8, 4) is 0 Å². The maximum Gasteiger partial charge on any atom is -0.00176 e. The molecule has 0 heterocycles. The average molecular weight is 222 g/mol. The van der Waals surface area contributed by atoms with Gasteiger partial charge in [0.15, 0.2) is 0 Å². The zero-order chi connectivity index (χ0) is 12.1. The molecule has 0 aliphatic heterocycles. The molecule has 0 N–H and O–H groups in total. The second kappa shape index (κ2) is 5.18. The van der Waals surface area contributed by atoms with Gasteiger partial charge in [-0.15, -0.1) is 0 Å². The van der Waals surface area contributed by atoms with Crippen LogP contribution in [0.5, 0.6) is 0 Å². The van der Waals surface area contributed by atoms with Crippen LogP contribution in [0.2, 0.25) is 0 Å². The van der Waals surface area contributed by atoms with Crippen molar-refractivity contribution in [1.82, 2.24) is 0 Å². The first-order chi connectivity index (χ1) is 8.18. The Morgan fingerprint density at radius 3 is 1.94 bits per heavy atom. The van der Waals surface area contributed by atoms with Gasteiger partial charge in [0.2, 0.25) is 0 Å². The lowest BCUT2D eigenvalue weighted by Crippen LogP contribution is -2.18. The fourth-order valence-electron chi connectivity index (χ4n) is 1.88. The van der Waals surface area contributed by atoms with Crippen LogP contribution in [0.15, 0.2) is 60.7 Å². The van der Waals surface area contributed by atoms with Gasteiger partial charge in [-0.25, -0.2) is 0 Å². The Balaban J connectivity index is 2.03. The molecule has 2 rings (SSSR count). The quantitative estimate of drug-likeness (QED) is 0.724. The largest absolute Gasteiger partial charge is 0.0622 e. The summed E-state index contributed by atoms with van der Waals surface area (Å²) in [5.41, 5.74) is 2.63. The van der Waals surface area contributed by atoms with Gasteiger partial charge < -0.3 is 0 Å². The Hall–Kier alpha value is -1.56. The van der Waals surface area contributed by atoms with Gasteiger partial charge in [-0.2, -0.15) is 0 Å². The van der Waals surface area contributed by atoms with Crippen molar-refractivity contribution in [1.29, 1.82) is 0 Å². The minimum Gasteiger partial charge on any atom is -0.0622 e. The van der Waals surface area contributed by atoms with Crippen LogP contribution in [-0.4, -0.2) is 0 Å². The molecular weight excluding hydrogens is 204 g/mol. The molecule has 0 atom stereocenters. The lowest BCUT2D eigenvalue weighted by atomic mass is 9.80. The van der Waals surface area contributed by atoms with E-state index in [1.54, 1.807) is 0 Å². The van der Waals surface area contributed by atoms with Gasteiger partial charge in [0.05, 0.1) is 0 Å². The number of hydrogen-bond acceptors (Lipinski definition) is 0. The summed E-state index contributed by atoms with van der Waals surface area (Å²) in [5, 5.41) is 0. The van der Waals surface area contributed by atoms with Crippen LogP contribution < -0.4 is 0 Å². The summed E-state index contributed by atoms with van der Waals surface area (Å²) in [6.07, 6.45) is 4.48. The van der Waals surface area contributed by atoms with Gasteiger partial charge in [-0.05, 0) is 29.4 Å². The van der Waals surface area contributed by atoms with Gasteiger partial charge in [0.25, 0.3) is 0 Å². The molecule has 0 amide bonds. The first kappa shape index (κ1) is 11.9. The molecule has 0 aliphatic carbocycles. The number of hydrogen-bond donors (Lipinski definition) is 0.